The number of halogens is 1. The number of β-amino-alcohol motifs (C(OH)–C–C–N with tert-alkyl or cyclic N) is 1. The molecule has 2 aliphatic rings. The van der Waals surface area contributed by atoms with Crippen molar-refractivity contribution in [1.82, 2.24) is 24.2 Å². The second kappa shape index (κ2) is 12.3. The minimum Gasteiger partial charge on any atom is -0.444 e. The fourth-order valence-electron chi connectivity index (χ4n) is 3.93. The maximum atomic E-state index is 12.1. The maximum Gasteiger partial charge on any atom is 0.410 e. The number of aliphatic hydroxyl groups is 1. The third-order valence-corrected chi connectivity index (χ3v) is 7.07. The third-order valence-electron chi connectivity index (χ3n) is 5.74. The molecule has 2 aromatic heterocycles. The van der Waals surface area contributed by atoms with Crippen LogP contribution in [0.15, 0.2) is 16.8 Å². The Kier molecular flexibility index (Phi) is 9.67. The fourth-order valence-corrected chi connectivity index (χ4v) is 4.88. The van der Waals surface area contributed by atoms with Crippen LogP contribution in [-0.4, -0.2) is 83.7 Å². The summed E-state index contributed by atoms with van der Waals surface area (Å²) < 4.78 is 23.9. The molecule has 3 N–H and O–H groups in total. The van der Waals surface area contributed by atoms with Crippen LogP contribution >= 0.6 is 11.6 Å². The van der Waals surface area contributed by atoms with Crippen LogP contribution in [0.4, 0.5) is 10.7 Å². The molecule has 2 aliphatic heterocycles. The molecule has 0 aromatic carbocycles. The highest BCUT2D eigenvalue weighted by Gasteiger charge is 2.30. The predicted molar refractivity (Wildman–Crippen MR) is 138 cm³/mol. The summed E-state index contributed by atoms with van der Waals surface area (Å²) in [5.74, 6) is 1.30. The van der Waals surface area contributed by atoms with E-state index in [0.29, 0.717) is 42.0 Å². The molecule has 11 nitrogen and oxygen atoms in total. The van der Waals surface area contributed by atoms with Gasteiger partial charge in [-0.25, -0.2) is 28.3 Å². The molecule has 2 aromatic rings. The number of hydrogen-bond donors (Lipinski definition) is 2. The number of aliphatic hydroxyl groups excluding tert-OH is 1. The number of aromatic nitrogens is 3. The number of carbonyl (C=O) groups excluding carboxylic acids is 1. The van der Waals surface area contributed by atoms with Crippen LogP contribution in [0.5, 0.6) is 0 Å². The van der Waals surface area contributed by atoms with E-state index in [0.717, 1.165) is 32.2 Å². The lowest BCUT2D eigenvalue weighted by atomic mass is 9.97. The van der Waals surface area contributed by atoms with E-state index in [1.165, 1.54) is 6.20 Å². The van der Waals surface area contributed by atoms with Crippen LogP contribution < -0.4 is 5.73 Å². The molecule has 4 heterocycles. The van der Waals surface area contributed by atoms with Gasteiger partial charge in [-0.3, -0.25) is 0 Å². The highest BCUT2D eigenvalue weighted by Crippen LogP contribution is 2.32. The van der Waals surface area contributed by atoms with E-state index < -0.39 is 16.6 Å². The highest BCUT2D eigenvalue weighted by atomic mass is 35.5. The number of rotatable bonds is 3. The molecule has 13 heteroatoms. The van der Waals surface area contributed by atoms with Crippen molar-refractivity contribution in [2.24, 2.45) is 0 Å². The van der Waals surface area contributed by atoms with E-state index in [4.69, 9.17) is 31.6 Å². The SMILES string of the molecule is CC(C)(C)OC(=O)N1CCC(c2ncc(-c3nc(N)ncc3Cl)o2)CC1.CS(=O)N1CCCC(O)C1. The van der Waals surface area contributed by atoms with Crippen molar-refractivity contribution in [2.45, 2.75) is 64.1 Å². The Morgan fingerprint density at radius 3 is 2.50 bits per heavy atom. The van der Waals surface area contributed by atoms with Gasteiger partial charge in [-0.2, -0.15) is 0 Å². The molecule has 200 valence electrons. The van der Waals surface area contributed by atoms with E-state index in [2.05, 4.69) is 15.0 Å². The van der Waals surface area contributed by atoms with Gasteiger partial charge in [-0.1, -0.05) is 11.6 Å². The van der Waals surface area contributed by atoms with Gasteiger partial charge in [0.15, 0.2) is 11.7 Å². The zero-order valence-electron chi connectivity index (χ0n) is 21.1. The lowest BCUT2D eigenvalue weighted by molar-refractivity contribution is 0.0199. The maximum absolute atomic E-state index is 12.1. The summed E-state index contributed by atoms with van der Waals surface area (Å²) in [4.78, 5) is 26.1. The number of anilines is 1. The van der Waals surface area contributed by atoms with Crippen LogP contribution in [0.2, 0.25) is 5.02 Å². The molecular formula is C23H35ClN6O5S. The Hall–Kier alpha value is -2.28. The van der Waals surface area contributed by atoms with Gasteiger partial charge >= 0.3 is 6.09 Å². The molecule has 36 heavy (non-hydrogen) atoms. The zero-order valence-corrected chi connectivity index (χ0v) is 22.7. The summed E-state index contributed by atoms with van der Waals surface area (Å²) in [6.07, 6.45) is 7.43. The number of nitrogens with zero attached hydrogens (tertiary/aromatic N) is 5. The topological polar surface area (TPSA) is 148 Å². The lowest BCUT2D eigenvalue weighted by Crippen LogP contribution is -2.41. The molecular weight excluding hydrogens is 508 g/mol. The van der Waals surface area contributed by atoms with E-state index in [-0.39, 0.29) is 24.1 Å². The monoisotopic (exact) mass is 542 g/mol. The van der Waals surface area contributed by atoms with Gasteiger partial charge in [0.2, 0.25) is 5.95 Å². The third kappa shape index (κ3) is 8.12. The van der Waals surface area contributed by atoms with Crippen LogP contribution in [-0.2, 0) is 15.7 Å². The minimum absolute atomic E-state index is 0.119. The molecule has 2 fully saturated rings. The zero-order chi connectivity index (χ0) is 26.5. The number of nitrogens with two attached hydrogens (primary N) is 1. The van der Waals surface area contributed by atoms with Crippen molar-refractivity contribution in [3.8, 4) is 11.5 Å². The summed E-state index contributed by atoms with van der Waals surface area (Å²) in [6.45, 7) is 8.20. The number of amides is 1. The van der Waals surface area contributed by atoms with Crippen molar-refractivity contribution >= 4 is 34.6 Å². The van der Waals surface area contributed by atoms with Gasteiger partial charge in [0.25, 0.3) is 0 Å². The summed E-state index contributed by atoms with van der Waals surface area (Å²) in [7, 11) is -0.899. The van der Waals surface area contributed by atoms with Gasteiger partial charge in [-0.15, -0.1) is 0 Å². The van der Waals surface area contributed by atoms with Gasteiger partial charge < -0.3 is 24.9 Å². The molecule has 0 aliphatic carbocycles. The van der Waals surface area contributed by atoms with E-state index in [1.807, 2.05) is 20.8 Å². The second-order valence-corrected chi connectivity index (χ2v) is 11.6. The van der Waals surface area contributed by atoms with Crippen molar-refractivity contribution < 1.29 is 23.3 Å². The second-order valence-electron chi connectivity index (χ2n) is 9.84. The average Bonchev–Trinajstić information content (AvgIpc) is 3.30. The van der Waals surface area contributed by atoms with Crippen molar-refractivity contribution in [2.75, 3.05) is 38.2 Å². The minimum atomic E-state index is -0.899. The molecule has 0 spiro atoms. The van der Waals surface area contributed by atoms with Crippen LogP contribution in [0.25, 0.3) is 11.5 Å². The molecule has 2 saturated heterocycles. The number of ether oxygens (including phenoxy) is 1. The molecule has 1 amide bonds. The van der Waals surface area contributed by atoms with Crippen LogP contribution in [0, 0.1) is 0 Å². The van der Waals surface area contributed by atoms with Gasteiger partial charge in [-0.05, 0) is 46.5 Å². The molecule has 4 rings (SSSR count). The van der Waals surface area contributed by atoms with Gasteiger partial charge in [0, 0.05) is 38.4 Å². The van der Waals surface area contributed by atoms with E-state index in [9.17, 15) is 9.00 Å². The Bertz CT molecular complexity index is 1050. The molecule has 2 atom stereocenters. The van der Waals surface area contributed by atoms with Crippen molar-refractivity contribution in [3.63, 3.8) is 0 Å². The van der Waals surface area contributed by atoms with Gasteiger partial charge in [0.1, 0.15) is 11.3 Å². The summed E-state index contributed by atoms with van der Waals surface area (Å²) in [6, 6.07) is 0. The van der Waals surface area contributed by atoms with Gasteiger partial charge in [0.05, 0.1) is 34.5 Å². The quantitative estimate of drug-likeness (QED) is 0.596. The number of carbonyl (C=O) groups is 1. The normalized spacial score (nSPS) is 20.4. The van der Waals surface area contributed by atoms with Crippen LogP contribution in [0.3, 0.4) is 0 Å². The number of piperidine rings is 2. The Morgan fingerprint density at radius 2 is 1.92 bits per heavy atom. The first kappa shape index (κ1) is 28.3. The Labute approximate surface area is 219 Å². The smallest absolute Gasteiger partial charge is 0.410 e. The lowest BCUT2D eigenvalue weighted by Gasteiger charge is -2.32. The first-order valence-corrected chi connectivity index (χ1v) is 13.8. The average molecular weight is 543 g/mol. The van der Waals surface area contributed by atoms with Crippen molar-refractivity contribution in [3.05, 3.63) is 23.3 Å². The number of oxazole rings is 1. The highest BCUT2D eigenvalue weighted by molar-refractivity contribution is 7.81. The molecule has 0 bridgehead atoms. The number of nitrogen functional groups attached to an aromatic ring is 1. The summed E-state index contributed by atoms with van der Waals surface area (Å²) in [5, 5.41) is 9.50. The Morgan fingerprint density at radius 1 is 1.22 bits per heavy atom. The molecule has 0 saturated carbocycles. The summed E-state index contributed by atoms with van der Waals surface area (Å²) >= 11 is 6.11. The van der Waals surface area contributed by atoms with Crippen molar-refractivity contribution in [1.29, 1.82) is 0 Å². The molecule has 0 radical (unpaired) electrons. The summed E-state index contributed by atoms with van der Waals surface area (Å²) in [5.41, 5.74) is 5.53. The first-order chi connectivity index (χ1) is 16.9. The standard InChI is InChI=1S/C17H22ClN5O3.C6H13NO2S/c1-17(2,3)26-16(24)23-6-4-10(5-7-23)14-20-9-12(25-14)13-11(18)8-21-15(19)22-13;1-10(9)7-4-2-3-6(8)5-7/h8-10H,4-7H2,1-3H3,(H2,19,21,22);6,8H,2-5H2,1H3. The fraction of sp³-hybridized carbons (Fsp3) is 0.652. The first-order valence-electron chi connectivity index (χ1n) is 11.9. The Balaban J connectivity index is 0.000000303. The van der Waals surface area contributed by atoms with E-state index >= 15 is 0 Å². The molecule has 2 unspecified atom stereocenters. The largest absolute Gasteiger partial charge is 0.444 e. The number of likely N-dealkylation sites (tertiary alicyclic amines) is 1. The van der Waals surface area contributed by atoms with E-state index in [1.54, 1.807) is 21.7 Å². The predicted octanol–water partition coefficient (Wildman–Crippen LogP) is 3.22. The number of hydrogen-bond acceptors (Lipinski definition) is 9. The van der Waals surface area contributed by atoms with Crippen LogP contribution in [0.1, 0.15) is 58.3 Å².